The summed E-state index contributed by atoms with van der Waals surface area (Å²) in [6, 6.07) is 7.03. The summed E-state index contributed by atoms with van der Waals surface area (Å²) in [5.41, 5.74) is -0.115. The zero-order valence-electron chi connectivity index (χ0n) is 16.6. The van der Waals surface area contributed by atoms with E-state index in [0.29, 0.717) is 16.0 Å². The van der Waals surface area contributed by atoms with Gasteiger partial charge in [-0.3, -0.25) is 9.52 Å². The first kappa shape index (κ1) is 23.9. The van der Waals surface area contributed by atoms with Crippen molar-refractivity contribution in [2.45, 2.75) is 42.6 Å². The first-order valence-corrected chi connectivity index (χ1v) is 10.8. The van der Waals surface area contributed by atoms with Gasteiger partial charge in [-0.05, 0) is 60.7 Å². The Labute approximate surface area is 180 Å². The molecule has 32 heavy (non-hydrogen) atoms. The third kappa shape index (κ3) is 5.00. The van der Waals surface area contributed by atoms with Crippen molar-refractivity contribution in [1.29, 1.82) is 0 Å². The summed E-state index contributed by atoms with van der Waals surface area (Å²) >= 11 is 0. The van der Waals surface area contributed by atoms with E-state index in [4.69, 9.17) is 0 Å². The van der Waals surface area contributed by atoms with Gasteiger partial charge < -0.3 is 4.90 Å². The molecule has 5 nitrogen and oxygen atoms in total. The van der Waals surface area contributed by atoms with Crippen molar-refractivity contribution < 1.29 is 39.6 Å². The van der Waals surface area contributed by atoms with E-state index in [9.17, 15) is 39.6 Å². The lowest BCUT2D eigenvalue weighted by molar-refractivity contribution is -0.186. The van der Waals surface area contributed by atoms with Gasteiger partial charge in [0.05, 0.1) is 10.5 Å². The Balaban J connectivity index is 1.83. The summed E-state index contributed by atoms with van der Waals surface area (Å²) in [5.74, 6) is -1.97. The van der Waals surface area contributed by atoms with Crippen LogP contribution in [-0.4, -0.2) is 38.5 Å². The minimum absolute atomic E-state index is 0.0390. The topological polar surface area (TPSA) is 66.5 Å². The number of amides is 1. The van der Waals surface area contributed by atoms with Crippen molar-refractivity contribution in [3.63, 3.8) is 0 Å². The van der Waals surface area contributed by atoms with Crippen molar-refractivity contribution in [2.75, 3.05) is 11.8 Å². The van der Waals surface area contributed by atoms with Gasteiger partial charge in [-0.1, -0.05) is 12.1 Å². The van der Waals surface area contributed by atoms with Crippen LogP contribution in [0.15, 0.2) is 47.4 Å². The van der Waals surface area contributed by atoms with Crippen molar-refractivity contribution in [3.05, 3.63) is 59.2 Å². The molecular weight excluding hydrogens is 462 g/mol. The molecule has 0 aromatic heterocycles. The van der Waals surface area contributed by atoms with Crippen LogP contribution < -0.4 is 4.72 Å². The van der Waals surface area contributed by atoms with E-state index in [2.05, 4.69) is 4.72 Å². The van der Waals surface area contributed by atoms with Crippen LogP contribution in [0.4, 0.5) is 32.0 Å². The van der Waals surface area contributed by atoms with E-state index in [-0.39, 0.29) is 29.8 Å². The highest BCUT2D eigenvalue weighted by Crippen LogP contribution is 2.33. The normalized spacial score (nSPS) is 16.9. The van der Waals surface area contributed by atoms with Crippen molar-refractivity contribution in [2.24, 2.45) is 0 Å². The fraction of sp³-hybridized carbons (Fsp3) is 0.350. The molecule has 1 aliphatic carbocycles. The Morgan fingerprint density at radius 1 is 1.03 bits per heavy atom. The van der Waals surface area contributed by atoms with Gasteiger partial charge >= 0.3 is 18.3 Å². The fourth-order valence-corrected chi connectivity index (χ4v) is 5.01. The number of fused-ring (bicyclic) bond motifs is 1. The molecule has 2 aromatic rings. The maximum Gasteiger partial charge on any atom is 0.471 e. The predicted molar refractivity (Wildman–Crippen MR) is 103 cm³/mol. The highest BCUT2D eigenvalue weighted by molar-refractivity contribution is 7.92. The lowest BCUT2D eigenvalue weighted by Gasteiger charge is -2.33. The quantitative estimate of drug-likeness (QED) is 0.661. The zero-order valence-corrected chi connectivity index (χ0v) is 17.4. The first-order valence-electron chi connectivity index (χ1n) is 9.35. The Bertz CT molecular complexity index is 1110. The van der Waals surface area contributed by atoms with Gasteiger partial charge in [0.25, 0.3) is 10.0 Å². The Hall–Kier alpha value is -2.76. The molecule has 1 atom stereocenters. The third-order valence-corrected chi connectivity index (χ3v) is 6.74. The molecule has 3 rings (SSSR count). The molecule has 0 saturated carbocycles. The number of halogens is 6. The molecule has 0 spiro atoms. The molecule has 0 bridgehead atoms. The number of alkyl halides is 6. The Morgan fingerprint density at radius 2 is 1.66 bits per heavy atom. The molecule has 12 heteroatoms. The van der Waals surface area contributed by atoms with E-state index in [1.165, 1.54) is 12.1 Å². The van der Waals surface area contributed by atoms with Crippen LogP contribution in [-0.2, 0) is 33.8 Å². The smallest absolute Gasteiger partial charge is 0.335 e. The van der Waals surface area contributed by atoms with Gasteiger partial charge in [-0.15, -0.1) is 0 Å². The average Bonchev–Trinajstić information content (AvgIpc) is 2.70. The van der Waals surface area contributed by atoms with E-state index < -0.39 is 39.9 Å². The molecule has 0 unspecified atom stereocenters. The number of hydrogen-bond acceptors (Lipinski definition) is 3. The molecule has 0 aliphatic heterocycles. The van der Waals surface area contributed by atoms with Crippen LogP contribution in [0.3, 0.4) is 0 Å². The predicted octanol–water partition coefficient (Wildman–Crippen LogP) is 4.38. The van der Waals surface area contributed by atoms with Crippen LogP contribution in [0.1, 0.15) is 23.1 Å². The zero-order chi connectivity index (χ0) is 23.9. The van der Waals surface area contributed by atoms with E-state index >= 15 is 0 Å². The van der Waals surface area contributed by atoms with Gasteiger partial charge in [-0.2, -0.15) is 26.3 Å². The number of anilines is 1. The van der Waals surface area contributed by atoms with Crippen LogP contribution in [0.5, 0.6) is 0 Å². The summed E-state index contributed by atoms with van der Waals surface area (Å²) in [7, 11) is -3.12. The number of carbonyl (C=O) groups excluding carboxylic acids is 1. The molecule has 0 radical (unpaired) electrons. The van der Waals surface area contributed by atoms with Gasteiger partial charge in [0.15, 0.2) is 0 Å². The summed E-state index contributed by atoms with van der Waals surface area (Å²) in [5, 5.41) is 0. The fourth-order valence-electron chi connectivity index (χ4n) is 3.64. The Kier molecular flexibility index (Phi) is 6.20. The third-order valence-electron chi connectivity index (χ3n) is 5.28. The molecule has 0 fully saturated rings. The second kappa shape index (κ2) is 8.30. The minimum Gasteiger partial charge on any atom is -0.335 e. The molecule has 0 heterocycles. The van der Waals surface area contributed by atoms with Crippen LogP contribution >= 0.6 is 0 Å². The Morgan fingerprint density at radius 3 is 2.22 bits per heavy atom. The number of likely N-dealkylation sites (N-methyl/N-ethyl adjacent to an activating group) is 1. The maximum absolute atomic E-state index is 12.9. The highest BCUT2D eigenvalue weighted by Gasteiger charge is 2.43. The monoisotopic (exact) mass is 480 g/mol. The number of nitrogens with zero attached hydrogens (tertiary/aromatic N) is 1. The number of carbonyl (C=O) groups is 1. The minimum atomic E-state index is -5.01. The number of rotatable bonds is 4. The van der Waals surface area contributed by atoms with Crippen LogP contribution in [0, 0.1) is 0 Å². The van der Waals surface area contributed by atoms with Gasteiger partial charge in [-0.25, -0.2) is 8.42 Å². The van der Waals surface area contributed by atoms with Crippen LogP contribution in [0.25, 0.3) is 0 Å². The van der Waals surface area contributed by atoms with E-state index in [1.54, 1.807) is 6.07 Å². The van der Waals surface area contributed by atoms with Crippen molar-refractivity contribution in [3.8, 4) is 0 Å². The second-order valence-corrected chi connectivity index (χ2v) is 9.04. The lowest BCUT2D eigenvalue weighted by Crippen LogP contribution is -2.46. The summed E-state index contributed by atoms with van der Waals surface area (Å²) in [6.07, 6.45) is -9.30. The summed E-state index contributed by atoms with van der Waals surface area (Å²) in [4.78, 5) is 12.0. The van der Waals surface area contributed by atoms with Crippen molar-refractivity contribution in [1.82, 2.24) is 4.90 Å². The number of hydrogen-bond donors (Lipinski definition) is 1. The number of nitrogens with one attached hydrogen (secondary N) is 1. The van der Waals surface area contributed by atoms with Gasteiger partial charge in [0.2, 0.25) is 0 Å². The van der Waals surface area contributed by atoms with E-state index in [1.807, 2.05) is 0 Å². The van der Waals surface area contributed by atoms with E-state index in [0.717, 1.165) is 31.3 Å². The molecular formula is C20H18F6N2O3S. The van der Waals surface area contributed by atoms with Gasteiger partial charge in [0.1, 0.15) is 0 Å². The lowest BCUT2D eigenvalue weighted by atomic mass is 9.87. The van der Waals surface area contributed by atoms with Gasteiger partial charge in [0, 0.05) is 18.8 Å². The standard InChI is InChI=1S/C20H18F6N2O3S/c1-28(18(29)20(24,25)26)15-9-10-16-12(11-15)3-2-4-17(16)32(30,31)27-14-7-5-13(6-8-14)19(21,22)23/h2-8,15,27H,9-11H2,1H3/t15-/m0/s1. The van der Waals surface area contributed by atoms with Crippen molar-refractivity contribution >= 4 is 21.6 Å². The number of benzene rings is 2. The average molecular weight is 480 g/mol. The molecule has 1 aliphatic rings. The molecule has 0 saturated heterocycles. The first-order chi connectivity index (χ1) is 14.7. The maximum atomic E-state index is 12.9. The highest BCUT2D eigenvalue weighted by atomic mass is 32.2. The largest absolute Gasteiger partial charge is 0.471 e. The van der Waals surface area contributed by atoms with Crippen LogP contribution in [0.2, 0.25) is 0 Å². The number of sulfonamides is 1. The molecule has 174 valence electrons. The molecule has 2 aromatic carbocycles. The SMILES string of the molecule is CN(C(=O)C(F)(F)F)[C@H]1CCc2c(cccc2S(=O)(=O)Nc2ccc(C(F)(F)F)cc2)C1. The molecule has 1 amide bonds. The summed E-state index contributed by atoms with van der Waals surface area (Å²) < 4.78 is 104. The summed E-state index contributed by atoms with van der Waals surface area (Å²) in [6.45, 7) is 0. The molecule has 1 N–H and O–H groups in total. The second-order valence-electron chi connectivity index (χ2n) is 7.38.